The van der Waals surface area contributed by atoms with Gasteiger partial charge < -0.3 is 9.84 Å². The van der Waals surface area contributed by atoms with E-state index < -0.39 is 34.8 Å². The van der Waals surface area contributed by atoms with E-state index in [1.165, 1.54) is 23.0 Å². The molecule has 0 radical (unpaired) electrons. The van der Waals surface area contributed by atoms with Crippen LogP contribution in [0.15, 0.2) is 59.5 Å². The molecule has 190 valence electrons. The first-order valence-electron chi connectivity index (χ1n) is 12.1. The Morgan fingerprint density at radius 2 is 1.75 bits per heavy atom. The minimum Gasteiger partial charge on any atom is -0.503 e. The van der Waals surface area contributed by atoms with E-state index in [1.54, 1.807) is 6.92 Å². The monoisotopic (exact) mass is 496 g/mol. The Hall–Kier alpha value is -3.68. The van der Waals surface area contributed by atoms with E-state index in [0.29, 0.717) is 5.56 Å². The van der Waals surface area contributed by atoms with Gasteiger partial charge in [0.2, 0.25) is 11.2 Å². The van der Waals surface area contributed by atoms with Gasteiger partial charge in [-0.15, -0.1) is 0 Å². The molecule has 2 aromatic carbocycles. The molecule has 0 saturated heterocycles. The molecule has 0 fully saturated rings. The second-order valence-electron chi connectivity index (χ2n) is 9.44. The van der Waals surface area contributed by atoms with Gasteiger partial charge >= 0.3 is 0 Å². The number of nitrogens with zero attached hydrogens (tertiary/aromatic N) is 2. The predicted molar refractivity (Wildman–Crippen MR) is 133 cm³/mol. The molecular formula is C28H30F2N2O4. The number of aromatic hydroxyl groups is 1. The Labute approximate surface area is 208 Å². The highest BCUT2D eigenvalue weighted by molar-refractivity contribution is 6.00. The molecule has 1 unspecified atom stereocenters. The molecular weight excluding hydrogens is 466 g/mol. The molecule has 1 aromatic heterocycles. The van der Waals surface area contributed by atoms with E-state index >= 15 is 4.39 Å². The maximum atomic E-state index is 15.0. The summed E-state index contributed by atoms with van der Waals surface area (Å²) in [6, 6.07) is 12.2. The minimum atomic E-state index is -1.10. The summed E-state index contributed by atoms with van der Waals surface area (Å²) >= 11 is 0. The normalized spacial score (nSPS) is 17.1. The lowest BCUT2D eigenvalue weighted by molar-refractivity contribution is 0.0804. The van der Waals surface area contributed by atoms with Crippen molar-refractivity contribution in [1.82, 2.24) is 4.68 Å². The number of benzene rings is 2. The van der Waals surface area contributed by atoms with Crippen LogP contribution in [-0.2, 0) is 0 Å². The number of rotatable bonds is 7. The van der Waals surface area contributed by atoms with E-state index in [9.17, 15) is 19.1 Å². The van der Waals surface area contributed by atoms with Crippen LogP contribution in [0.5, 0.6) is 11.5 Å². The summed E-state index contributed by atoms with van der Waals surface area (Å²) in [5.74, 6) is -3.80. The van der Waals surface area contributed by atoms with Gasteiger partial charge in [0.1, 0.15) is 0 Å². The highest BCUT2D eigenvalue weighted by atomic mass is 19.2. The largest absolute Gasteiger partial charge is 0.503 e. The van der Waals surface area contributed by atoms with Crippen molar-refractivity contribution >= 4 is 5.78 Å². The van der Waals surface area contributed by atoms with Crippen molar-refractivity contribution in [2.75, 3.05) is 18.2 Å². The minimum absolute atomic E-state index is 0.0869. The maximum absolute atomic E-state index is 15.0. The van der Waals surface area contributed by atoms with Crippen LogP contribution in [0.1, 0.15) is 55.4 Å². The first kappa shape index (κ1) is 25.4. The van der Waals surface area contributed by atoms with Crippen molar-refractivity contribution in [3.05, 3.63) is 93.4 Å². The molecule has 2 heterocycles. The second-order valence-corrected chi connectivity index (χ2v) is 9.44. The first-order chi connectivity index (χ1) is 17.2. The summed E-state index contributed by atoms with van der Waals surface area (Å²) in [6.07, 6.45) is 1.43. The maximum Gasteiger partial charge on any atom is 0.224 e. The number of fused-ring (bicyclic) bond motifs is 1. The number of hydrogen-bond acceptors (Lipinski definition) is 5. The third kappa shape index (κ3) is 4.36. The lowest BCUT2D eigenvalue weighted by atomic mass is 9.79. The predicted octanol–water partition coefficient (Wildman–Crippen LogP) is 5.06. The number of pyridine rings is 1. The van der Waals surface area contributed by atoms with Gasteiger partial charge in [0, 0.05) is 30.3 Å². The van der Waals surface area contributed by atoms with Crippen LogP contribution in [0.3, 0.4) is 0 Å². The summed E-state index contributed by atoms with van der Waals surface area (Å²) < 4.78 is 36.3. The Bertz CT molecular complexity index is 1320. The molecule has 0 amide bonds. The van der Waals surface area contributed by atoms with Gasteiger partial charge in [0.25, 0.3) is 0 Å². The van der Waals surface area contributed by atoms with Crippen LogP contribution in [0.25, 0.3) is 0 Å². The van der Waals surface area contributed by atoms with Crippen LogP contribution >= 0.6 is 0 Å². The highest BCUT2D eigenvalue weighted by Gasteiger charge is 2.42. The standard InChI is InChI=1S/C28H30F2N2O4/c1-5-36-28-19(11-12-21(29)23(28)30)24(18-9-7-6-8-10-18)32-15-20(17(4)16(2)3)26(34)25-27(35)22(33)13-14-31(25)32/h6-14,16-17,20,24,35H,5,15H2,1-4H3/t17-,20?,24+/m1/s1. The van der Waals surface area contributed by atoms with Crippen LogP contribution in [-0.4, -0.2) is 28.7 Å². The Morgan fingerprint density at radius 3 is 2.39 bits per heavy atom. The van der Waals surface area contributed by atoms with Crippen LogP contribution in [0.4, 0.5) is 8.78 Å². The van der Waals surface area contributed by atoms with Gasteiger partial charge in [-0.2, -0.15) is 4.39 Å². The summed E-state index contributed by atoms with van der Waals surface area (Å²) in [6.45, 7) is 7.99. The van der Waals surface area contributed by atoms with E-state index in [4.69, 9.17) is 4.74 Å². The number of Topliss-reactive ketones (excluding diaryl/α,β-unsaturated/α-hetero) is 1. The second kappa shape index (κ2) is 10.1. The molecule has 3 aromatic rings. The van der Waals surface area contributed by atoms with Crippen molar-refractivity contribution in [3.8, 4) is 11.5 Å². The summed E-state index contributed by atoms with van der Waals surface area (Å²) in [7, 11) is 0. The molecule has 6 nitrogen and oxygen atoms in total. The van der Waals surface area contributed by atoms with Crippen molar-refractivity contribution in [2.24, 2.45) is 17.8 Å². The van der Waals surface area contributed by atoms with Crippen LogP contribution in [0, 0.1) is 29.4 Å². The quantitative estimate of drug-likeness (QED) is 0.495. The van der Waals surface area contributed by atoms with Crippen molar-refractivity contribution in [1.29, 1.82) is 0 Å². The average Bonchev–Trinajstić information content (AvgIpc) is 2.86. The molecule has 36 heavy (non-hydrogen) atoms. The molecule has 4 rings (SSSR count). The van der Waals surface area contributed by atoms with Gasteiger partial charge in [-0.1, -0.05) is 51.1 Å². The zero-order chi connectivity index (χ0) is 26.1. The third-order valence-corrected chi connectivity index (χ3v) is 7.05. The van der Waals surface area contributed by atoms with Gasteiger partial charge in [0.05, 0.1) is 12.6 Å². The molecule has 0 spiro atoms. The molecule has 0 bridgehead atoms. The fourth-order valence-corrected chi connectivity index (χ4v) is 4.81. The fourth-order valence-electron chi connectivity index (χ4n) is 4.81. The number of carbonyl (C=O) groups excluding carboxylic acids is 1. The summed E-state index contributed by atoms with van der Waals surface area (Å²) in [4.78, 5) is 25.9. The SMILES string of the molecule is CCOc1c([C@H](c2ccccc2)N2CC([C@H](C)C(C)C)C(=O)c3c(O)c(=O)ccn32)ccc(F)c1F. The number of ketones is 1. The topological polar surface area (TPSA) is 71.8 Å². The Kier molecular flexibility index (Phi) is 7.15. The van der Waals surface area contributed by atoms with Crippen LogP contribution < -0.4 is 15.2 Å². The number of carbonyl (C=O) groups is 1. The van der Waals surface area contributed by atoms with E-state index in [0.717, 1.165) is 11.6 Å². The fraction of sp³-hybridized carbons (Fsp3) is 0.357. The molecule has 0 saturated carbocycles. The molecule has 3 atom stereocenters. The molecule has 8 heteroatoms. The van der Waals surface area contributed by atoms with Crippen molar-refractivity contribution in [2.45, 2.75) is 33.7 Å². The molecule has 1 aliphatic rings. The number of halogens is 2. The van der Waals surface area contributed by atoms with Gasteiger partial charge in [-0.05, 0) is 36.5 Å². The lowest BCUT2D eigenvalue weighted by Crippen LogP contribution is -2.52. The summed E-state index contributed by atoms with van der Waals surface area (Å²) in [5.41, 5.74) is 0.314. The van der Waals surface area contributed by atoms with Crippen molar-refractivity contribution in [3.63, 3.8) is 0 Å². The molecule has 0 aliphatic carbocycles. The summed E-state index contributed by atoms with van der Waals surface area (Å²) in [5, 5.41) is 12.5. The third-order valence-electron chi connectivity index (χ3n) is 7.05. The zero-order valence-electron chi connectivity index (χ0n) is 20.7. The Balaban J connectivity index is 2.02. The van der Waals surface area contributed by atoms with Gasteiger partial charge in [-0.25, -0.2) is 4.39 Å². The average molecular weight is 497 g/mol. The Morgan fingerprint density at radius 1 is 1.06 bits per heavy atom. The smallest absolute Gasteiger partial charge is 0.224 e. The highest BCUT2D eigenvalue weighted by Crippen LogP contribution is 2.40. The molecule has 1 N–H and O–H groups in total. The van der Waals surface area contributed by atoms with E-state index in [2.05, 4.69) is 0 Å². The van der Waals surface area contributed by atoms with Crippen LogP contribution in [0.2, 0.25) is 0 Å². The van der Waals surface area contributed by atoms with E-state index in [-0.39, 0.29) is 42.2 Å². The van der Waals surface area contributed by atoms with Gasteiger partial charge in [-0.3, -0.25) is 19.3 Å². The van der Waals surface area contributed by atoms with Gasteiger partial charge in [0.15, 0.2) is 28.8 Å². The molecule has 1 aliphatic heterocycles. The number of hydrogen-bond donors (Lipinski definition) is 1. The zero-order valence-corrected chi connectivity index (χ0v) is 20.7. The number of aromatic nitrogens is 1. The lowest BCUT2D eigenvalue weighted by Gasteiger charge is -2.44. The number of ether oxygens (including phenoxy) is 1. The van der Waals surface area contributed by atoms with E-state index in [1.807, 2.05) is 56.1 Å². The first-order valence-corrected chi connectivity index (χ1v) is 12.1. The van der Waals surface area contributed by atoms with Crippen molar-refractivity contribution < 1.29 is 23.4 Å².